The molecule has 1 heterocycles. The van der Waals surface area contributed by atoms with Crippen LogP contribution in [0.1, 0.15) is 18.4 Å². The predicted molar refractivity (Wildman–Crippen MR) is 93.4 cm³/mol. The third kappa shape index (κ3) is 3.17. The number of benzene rings is 1. The molecule has 0 radical (unpaired) electrons. The number of rotatable bonds is 4. The normalized spacial score (nSPS) is 18.9. The van der Waals surface area contributed by atoms with Gasteiger partial charge in [0.2, 0.25) is 18.2 Å². The van der Waals surface area contributed by atoms with Gasteiger partial charge in [0.15, 0.2) is 0 Å². The topological polar surface area (TPSA) is 69.7 Å². The van der Waals surface area contributed by atoms with Crippen molar-refractivity contribution in [1.82, 2.24) is 9.80 Å². The number of carbonyl (C=O) groups is 3. The lowest BCUT2D eigenvalue weighted by atomic mass is 10.0. The van der Waals surface area contributed by atoms with Crippen LogP contribution in [-0.4, -0.2) is 54.2 Å². The fourth-order valence-corrected chi connectivity index (χ4v) is 3.30. The molecule has 2 fully saturated rings. The van der Waals surface area contributed by atoms with Crippen molar-refractivity contribution in [2.45, 2.75) is 19.8 Å². The molecule has 0 unspecified atom stereocenters. The van der Waals surface area contributed by atoms with E-state index in [1.807, 2.05) is 25.1 Å². The lowest BCUT2D eigenvalue weighted by Crippen LogP contribution is -2.52. The standard InChI is InChI=1S/C17H20BrN3O3/c1-12-2-3-13(10-14(12)18)19-15(23)17(4-5-17)16(24)21-8-6-20(11-22)7-9-21/h2-3,10-11H,4-9H2,1H3,(H,19,23). The summed E-state index contributed by atoms with van der Waals surface area (Å²) < 4.78 is 0.918. The average molecular weight is 394 g/mol. The van der Waals surface area contributed by atoms with Crippen LogP contribution >= 0.6 is 15.9 Å². The third-order valence-electron chi connectivity index (χ3n) is 4.77. The molecule has 0 atom stereocenters. The highest BCUT2D eigenvalue weighted by Gasteiger charge is 2.58. The first-order chi connectivity index (χ1) is 11.5. The smallest absolute Gasteiger partial charge is 0.240 e. The second-order valence-corrected chi connectivity index (χ2v) is 7.29. The van der Waals surface area contributed by atoms with Crippen LogP contribution in [0, 0.1) is 12.3 Å². The summed E-state index contributed by atoms with van der Waals surface area (Å²) in [6.07, 6.45) is 1.97. The van der Waals surface area contributed by atoms with Crippen LogP contribution in [0.25, 0.3) is 0 Å². The number of carbonyl (C=O) groups excluding carboxylic acids is 3. The van der Waals surface area contributed by atoms with E-state index >= 15 is 0 Å². The molecule has 0 spiro atoms. The van der Waals surface area contributed by atoms with Crippen LogP contribution in [0.15, 0.2) is 22.7 Å². The molecule has 7 heteroatoms. The van der Waals surface area contributed by atoms with Crippen LogP contribution in [0.3, 0.4) is 0 Å². The minimum Gasteiger partial charge on any atom is -0.342 e. The van der Waals surface area contributed by atoms with E-state index < -0.39 is 5.41 Å². The molecular weight excluding hydrogens is 374 g/mol. The predicted octanol–water partition coefficient (Wildman–Crippen LogP) is 1.78. The zero-order chi connectivity index (χ0) is 17.3. The lowest BCUT2D eigenvalue weighted by Gasteiger charge is -2.34. The van der Waals surface area contributed by atoms with Gasteiger partial charge >= 0.3 is 0 Å². The summed E-state index contributed by atoms with van der Waals surface area (Å²) in [6.45, 7) is 4.00. The van der Waals surface area contributed by atoms with E-state index in [1.54, 1.807) is 9.80 Å². The Morgan fingerprint density at radius 1 is 1.21 bits per heavy atom. The zero-order valence-electron chi connectivity index (χ0n) is 13.5. The van der Waals surface area contributed by atoms with Crippen molar-refractivity contribution < 1.29 is 14.4 Å². The second kappa shape index (κ2) is 6.55. The molecule has 3 amide bonds. The van der Waals surface area contributed by atoms with Gasteiger partial charge in [0.05, 0.1) is 0 Å². The van der Waals surface area contributed by atoms with E-state index in [0.717, 1.165) is 16.4 Å². The van der Waals surface area contributed by atoms with Crippen molar-refractivity contribution in [3.05, 3.63) is 28.2 Å². The van der Waals surface area contributed by atoms with E-state index in [1.165, 1.54) is 0 Å². The Morgan fingerprint density at radius 2 is 1.88 bits per heavy atom. The maximum Gasteiger partial charge on any atom is 0.240 e. The van der Waals surface area contributed by atoms with Crippen molar-refractivity contribution in [2.75, 3.05) is 31.5 Å². The highest BCUT2D eigenvalue weighted by molar-refractivity contribution is 9.10. The molecule has 0 aromatic heterocycles. The molecule has 1 aromatic rings. The number of hydrogen-bond donors (Lipinski definition) is 1. The van der Waals surface area contributed by atoms with Crippen LogP contribution < -0.4 is 5.32 Å². The Hall–Kier alpha value is -1.89. The van der Waals surface area contributed by atoms with E-state index in [2.05, 4.69) is 21.2 Å². The first-order valence-corrected chi connectivity index (χ1v) is 8.82. The first-order valence-electron chi connectivity index (χ1n) is 8.02. The number of halogens is 1. The molecule has 128 valence electrons. The maximum absolute atomic E-state index is 12.8. The molecule has 1 saturated heterocycles. The summed E-state index contributed by atoms with van der Waals surface area (Å²) in [6, 6.07) is 5.60. The van der Waals surface area contributed by atoms with Gasteiger partial charge in [0, 0.05) is 36.3 Å². The fourth-order valence-electron chi connectivity index (χ4n) is 2.92. The van der Waals surface area contributed by atoms with Crippen molar-refractivity contribution in [2.24, 2.45) is 5.41 Å². The Balaban J connectivity index is 1.66. The van der Waals surface area contributed by atoms with Crippen molar-refractivity contribution in [3.63, 3.8) is 0 Å². The minimum absolute atomic E-state index is 0.114. The largest absolute Gasteiger partial charge is 0.342 e. The Labute approximate surface area is 149 Å². The second-order valence-electron chi connectivity index (χ2n) is 6.43. The number of nitrogens with one attached hydrogen (secondary N) is 1. The number of anilines is 1. The van der Waals surface area contributed by atoms with Gasteiger partial charge in [0.25, 0.3) is 0 Å². The molecule has 0 bridgehead atoms. The SMILES string of the molecule is Cc1ccc(NC(=O)C2(C(=O)N3CCN(C=O)CC3)CC2)cc1Br. The van der Waals surface area contributed by atoms with Gasteiger partial charge in [-0.15, -0.1) is 0 Å². The monoisotopic (exact) mass is 393 g/mol. The summed E-state index contributed by atoms with van der Waals surface area (Å²) in [5.41, 5.74) is 0.835. The summed E-state index contributed by atoms with van der Waals surface area (Å²) in [5, 5.41) is 2.87. The summed E-state index contributed by atoms with van der Waals surface area (Å²) in [5.74, 6) is -0.349. The van der Waals surface area contributed by atoms with E-state index in [-0.39, 0.29) is 11.8 Å². The highest BCUT2D eigenvalue weighted by atomic mass is 79.9. The summed E-state index contributed by atoms with van der Waals surface area (Å²) >= 11 is 3.45. The molecule has 1 aliphatic heterocycles. The van der Waals surface area contributed by atoms with Crippen LogP contribution in [0.5, 0.6) is 0 Å². The van der Waals surface area contributed by atoms with Gasteiger partial charge in [-0.2, -0.15) is 0 Å². The highest BCUT2D eigenvalue weighted by Crippen LogP contribution is 2.48. The van der Waals surface area contributed by atoms with Gasteiger partial charge in [-0.05, 0) is 37.5 Å². The van der Waals surface area contributed by atoms with Gasteiger partial charge in [0.1, 0.15) is 5.41 Å². The van der Waals surface area contributed by atoms with Crippen LogP contribution in [-0.2, 0) is 14.4 Å². The van der Waals surface area contributed by atoms with E-state index in [4.69, 9.17) is 0 Å². The maximum atomic E-state index is 12.8. The van der Waals surface area contributed by atoms with Crippen molar-refractivity contribution >= 4 is 39.8 Å². The van der Waals surface area contributed by atoms with Crippen LogP contribution in [0.2, 0.25) is 0 Å². The molecular formula is C17H20BrN3O3. The zero-order valence-corrected chi connectivity index (χ0v) is 15.1. The number of amides is 3. The van der Waals surface area contributed by atoms with Gasteiger partial charge < -0.3 is 15.1 Å². The number of hydrogen-bond acceptors (Lipinski definition) is 3. The molecule has 1 aromatic carbocycles. The quantitative estimate of drug-likeness (QED) is 0.625. The van der Waals surface area contributed by atoms with Gasteiger partial charge in [-0.1, -0.05) is 22.0 Å². The molecule has 1 aliphatic carbocycles. The minimum atomic E-state index is -0.930. The lowest BCUT2D eigenvalue weighted by molar-refractivity contribution is -0.144. The van der Waals surface area contributed by atoms with E-state index in [0.29, 0.717) is 44.7 Å². The van der Waals surface area contributed by atoms with Crippen molar-refractivity contribution in [1.29, 1.82) is 0 Å². The molecule has 3 rings (SSSR count). The number of aryl methyl sites for hydroxylation is 1. The molecule has 6 nitrogen and oxygen atoms in total. The summed E-state index contributed by atoms with van der Waals surface area (Å²) in [7, 11) is 0. The molecule has 24 heavy (non-hydrogen) atoms. The molecule has 2 aliphatic rings. The Morgan fingerprint density at radius 3 is 2.42 bits per heavy atom. The molecule has 1 saturated carbocycles. The molecule has 1 N–H and O–H groups in total. The van der Waals surface area contributed by atoms with E-state index in [9.17, 15) is 14.4 Å². The number of nitrogens with zero attached hydrogens (tertiary/aromatic N) is 2. The Kier molecular flexibility index (Phi) is 4.62. The Bertz CT molecular complexity index is 680. The third-order valence-corrected chi connectivity index (χ3v) is 5.63. The summed E-state index contributed by atoms with van der Waals surface area (Å²) in [4.78, 5) is 39.6. The van der Waals surface area contributed by atoms with Crippen molar-refractivity contribution in [3.8, 4) is 0 Å². The first kappa shape index (κ1) is 17.0. The van der Waals surface area contributed by atoms with Gasteiger partial charge in [-0.3, -0.25) is 14.4 Å². The number of piperazine rings is 1. The average Bonchev–Trinajstić information content (AvgIpc) is 3.39. The van der Waals surface area contributed by atoms with Gasteiger partial charge in [-0.25, -0.2) is 0 Å². The fraction of sp³-hybridized carbons (Fsp3) is 0.471. The van der Waals surface area contributed by atoms with Crippen LogP contribution in [0.4, 0.5) is 5.69 Å².